The molecule has 0 aliphatic heterocycles. The highest BCUT2D eigenvalue weighted by Gasteiger charge is 2.40. The molecule has 1 saturated carbocycles. The summed E-state index contributed by atoms with van der Waals surface area (Å²) >= 11 is 0. The third-order valence-electron chi connectivity index (χ3n) is 4.29. The van der Waals surface area contributed by atoms with E-state index in [0.717, 1.165) is 30.4 Å². The van der Waals surface area contributed by atoms with Crippen molar-refractivity contribution in [3.05, 3.63) is 59.8 Å². The van der Waals surface area contributed by atoms with Crippen LogP contribution in [0, 0.1) is 6.92 Å². The largest absolute Gasteiger partial charge is 0.346 e. The Labute approximate surface area is 138 Å². The smallest absolute Gasteiger partial charge is 0.233 e. The molecule has 1 aromatic carbocycles. The van der Waals surface area contributed by atoms with Gasteiger partial charge >= 0.3 is 0 Å². The van der Waals surface area contributed by atoms with Crippen LogP contribution in [0.25, 0.3) is 0 Å². The number of aryl methyl sites for hydroxylation is 1. The zero-order valence-electron chi connectivity index (χ0n) is 13.1. The lowest BCUT2D eigenvalue weighted by Crippen LogP contribution is -2.51. The average molecular weight is 328 g/mol. The predicted molar refractivity (Wildman–Crippen MR) is 90.4 cm³/mol. The molecule has 1 N–H and O–H groups in total. The van der Waals surface area contributed by atoms with E-state index in [-0.39, 0.29) is 17.2 Å². The topological polar surface area (TPSA) is 59.1 Å². The molecule has 0 radical (unpaired) electrons. The Bertz CT molecular complexity index is 710. The molecule has 1 fully saturated rings. The first kappa shape index (κ1) is 15.9. The van der Waals surface area contributed by atoms with Crippen LogP contribution in [0.1, 0.15) is 30.4 Å². The number of benzene rings is 1. The molecule has 1 amide bonds. The Balaban J connectivity index is 1.67. The summed E-state index contributed by atoms with van der Waals surface area (Å²) in [6, 6.07) is 13.6. The number of carbonyl (C=O) groups is 1. The lowest BCUT2D eigenvalue weighted by Gasteiger charge is -2.43. The molecular formula is C18H20N2O2S. The van der Waals surface area contributed by atoms with Crippen molar-refractivity contribution in [3.63, 3.8) is 0 Å². The highest BCUT2D eigenvalue weighted by Crippen LogP contribution is 2.41. The lowest BCUT2D eigenvalue weighted by molar-refractivity contribution is -0.121. The van der Waals surface area contributed by atoms with Crippen LogP contribution in [0.4, 0.5) is 0 Å². The number of aromatic nitrogens is 1. The second kappa shape index (κ2) is 6.62. The van der Waals surface area contributed by atoms with E-state index in [0.29, 0.717) is 5.03 Å². The van der Waals surface area contributed by atoms with E-state index >= 15 is 0 Å². The van der Waals surface area contributed by atoms with Gasteiger partial charge in [0, 0.05) is 6.20 Å². The van der Waals surface area contributed by atoms with Crippen LogP contribution in [0.3, 0.4) is 0 Å². The maximum atomic E-state index is 12.3. The SMILES string of the molecule is Cc1ccc(S(=O)CC(=O)NC2(c3ccccc3)CCC2)nc1. The van der Waals surface area contributed by atoms with E-state index in [1.54, 1.807) is 12.3 Å². The maximum absolute atomic E-state index is 12.3. The van der Waals surface area contributed by atoms with Crippen molar-refractivity contribution in [2.75, 3.05) is 5.75 Å². The van der Waals surface area contributed by atoms with Gasteiger partial charge < -0.3 is 5.32 Å². The number of hydrogen-bond acceptors (Lipinski definition) is 3. The Morgan fingerprint density at radius 2 is 1.96 bits per heavy atom. The van der Waals surface area contributed by atoms with E-state index in [1.165, 1.54) is 0 Å². The van der Waals surface area contributed by atoms with Gasteiger partial charge in [-0.25, -0.2) is 4.98 Å². The Hall–Kier alpha value is -2.01. The molecule has 0 spiro atoms. The molecule has 1 heterocycles. The third-order valence-corrected chi connectivity index (χ3v) is 5.52. The van der Waals surface area contributed by atoms with Crippen molar-refractivity contribution in [1.82, 2.24) is 10.3 Å². The van der Waals surface area contributed by atoms with Gasteiger partial charge in [0.1, 0.15) is 10.8 Å². The monoisotopic (exact) mass is 328 g/mol. The molecule has 0 saturated heterocycles. The van der Waals surface area contributed by atoms with Crippen LogP contribution in [-0.4, -0.2) is 20.9 Å². The van der Waals surface area contributed by atoms with Gasteiger partial charge in [-0.3, -0.25) is 9.00 Å². The number of pyridine rings is 1. The average Bonchev–Trinajstić information content (AvgIpc) is 2.52. The second-order valence-electron chi connectivity index (χ2n) is 6.01. The van der Waals surface area contributed by atoms with Crippen LogP contribution in [-0.2, 0) is 21.1 Å². The normalized spacial score (nSPS) is 17.1. The van der Waals surface area contributed by atoms with E-state index in [2.05, 4.69) is 10.3 Å². The summed E-state index contributed by atoms with van der Waals surface area (Å²) in [5.41, 5.74) is 1.84. The summed E-state index contributed by atoms with van der Waals surface area (Å²) < 4.78 is 12.3. The predicted octanol–water partition coefficient (Wildman–Crippen LogP) is 2.69. The molecule has 4 nitrogen and oxygen atoms in total. The van der Waals surface area contributed by atoms with Crippen LogP contribution >= 0.6 is 0 Å². The first-order valence-electron chi connectivity index (χ1n) is 7.77. The Morgan fingerprint density at radius 1 is 1.22 bits per heavy atom. The van der Waals surface area contributed by atoms with Gasteiger partial charge in [-0.05, 0) is 43.4 Å². The molecule has 1 aliphatic rings. The zero-order valence-corrected chi connectivity index (χ0v) is 13.9. The molecule has 2 aromatic rings. The van der Waals surface area contributed by atoms with Gasteiger partial charge in [-0.2, -0.15) is 0 Å². The quantitative estimate of drug-likeness (QED) is 0.918. The number of hydrogen-bond donors (Lipinski definition) is 1. The molecule has 23 heavy (non-hydrogen) atoms. The minimum absolute atomic E-state index is 0.0509. The van der Waals surface area contributed by atoms with Gasteiger partial charge in [0.25, 0.3) is 0 Å². The van der Waals surface area contributed by atoms with Crippen LogP contribution in [0.15, 0.2) is 53.7 Å². The first-order valence-corrected chi connectivity index (χ1v) is 9.09. The summed E-state index contributed by atoms with van der Waals surface area (Å²) in [5.74, 6) is -0.237. The fourth-order valence-electron chi connectivity index (χ4n) is 2.86. The van der Waals surface area contributed by atoms with Crippen molar-refractivity contribution in [2.45, 2.75) is 36.8 Å². The second-order valence-corrected chi connectivity index (χ2v) is 7.41. The Kier molecular flexibility index (Phi) is 4.57. The summed E-state index contributed by atoms with van der Waals surface area (Å²) in [7, 11) is -1.41. The van der Waals surface area contributed by atoms with Crippen molar-refractivity contribution in [1.29, 1.82) is 0 Å². The van der Waals surface area contributed by atoms with Gasteiger partial charge in [0.15, 0.2) is 0 Å². The molecule has 1 atom stereocenters. The number of nitrogens with zero attached hydrogens (tertiary/aromatic N) is 1. The van der Waals surface area contributed by atoms with Gasteiger partial charge in [0.05, 0.1) is 16.3 Å². The highest BCUT2D eigenvalue weighted by molar-refractivity contribution is 7.85. The summed E-state index contributed by atoms with van der Waals surface area (Å²) in [5, 5.41) is 3.55. The van der Waals surface area contributed by atoms with E-state index < -0.39 is 10.8 Å². The van der Waals surface area contributed by atoms with Crippen LogP contribution in [0.2, 0.25) is 0 Å². The Morgan fingerprint density at radius 3 is 2.52 bits per heavy atom. The number of carbonyl (C=O) groups excluding carboxylic acids is 1. The van der Waals surface area contributed by atoms with E-state index in [1.807, 2.05) is 43.3 Å². The first-order chi connectivity index (χ1) is 11.1. The van der Waals surface area contributed by atoms with Crippen molar-refractivity contribution < 1.29 is 9.00 Å². The maximum Gasteiger partial charge on any atom is 0.233 e. The molecule has 1 unspecified atom stereocenters. The third kappa shape index (κ3) is 3.50. The minimum atomic E-state index is -1.41. The summed E-state index contributed by atoms with van der Waals surface area (Å²) in [6.07, 6.45) is 4.62. The standard InChI is InChI=1S/C18H20N2O2S/c1-14-8-9-17(19-12-14)23(22)13-16(21)20-18(10-5-11-18)15-6-3-2-4-7-15/h2-4,6-9,12H,5,10-11,13H2,1H3,(H,20,21). The molecular weight excluding hydrogens is 308 g/mol. The molecule has 1 aliphatic carbocycles. The van der Waals surface area contributed by atoms with Gasteiger partial charge in [0.2, 0.25) is 5.91 Å². The highest BCUT2D eigenvalue weighted by atomic mass is 32.2. The fraction of sp³-hybridized carbons (Fsp3) is 0.333. The molecule has 3 rings (SSSR count). The van der Waals surface area contributed by atoms with Gasteiger partial charge in [-0.1, -0.05) is 36.4 Å². The van der Waals surface area contributed by atoms with Crippen LogP contribution < -0.4 is 5.32 Å². The van der Waals surface area contributed by atoms with Crippen molar-refractivity contribution in [3.8, 4) is 0 Å². The summed E-state index contributed by atoms with van der Waals surface area (Å²) in [6.45, 7) is 1.92. The van der Waals surface area contributed by atoms with E-state index in [4.69, 9.17) is 0 Å². The zero-order chi connectivity index (χ0) is 16.3. The number of nitrogens with one attached hydrogen (secondary N) is 1. The van der Waals surface area contributed by atoms with Crippen molar-refractivity contribution in [2.24, 2.45) is 0 Å². The molecule has 5 heteroatoms. The minimum Gasteiger partial charge on any atom is -0.346 e. The number of rotatable bonds is 5. The lowest BCUT2D eigenvalue weighted by atomic mass is 9.72. The fourth-order valence-corrected chi connectivity index (χ4v) is 3.71. The van der Waals surface area contributed by atoms with Crippen molar-refractivity contribution >= 4 is 16.7 Å². The molecule has 0 bridgehead atoms. The number of amides is 1. The summed E-state index contributed by atoms with van der Waals surface area (Å²) in [4.78, 5) is 16.5. The van der Waals surface area contributed by atoms with Gasteiger partial charge in [-0.15, -0.1) is 0 Å². The molecule has 1 aromatic heterocycles. The molecule has 120 valence electrons. The van der Waals surface area contributed by atoms with E-state index in [9.17, 15) is 9.00 Å². The van der Waals surface area contributed by atoms with Crippen LogP contribution in [0.5, 0.6) is 0 Å².